The van der Waals surface area contributed by atoms with Crippen LogP contribution in [0.15, 0.2) is 53.6 Å². The Morgan fingerprint density at radius 2 is 1.89 bits per heavy atom. The van der Waals surface area contributed by atoms with Gasteiger partial charge < -0.3 is 10.6 Å². The van der Waals surface area contributed by atoms with Crippen molar-refractivity contribution in [3.8, 4) is 6.07 Å². The molecule has 2 aromatic carbocycles. The molecule has 0 radical (unpaired) electrons. The molecule has 2 N–H and O–H groups in total. The van der Waals surface area contributed by atoms with Crippen LogP contribution in [-0.4, -0.2) is 35.5 Å². The Kier molecular flexibility index (Phi) is 5.36. The molecular formula is C20H18FN5O2. The van der Waals surface area contributed by atoms with Crippen LogP contribution in [0.25, 0.3) is 0 Å². The molecule has 0 fully saturated rings. The molecule has 1 unspecified atom stereocenters. The van der Waals surface area contributed by atoms with Crippen molar-refractivity contribution in [1.82, 2.24) is 4.90 Å². The predicted octanol–water partition coefficient (Wildman–Crippen LogP) is 1.78. The summed E-state index contributed by atoms with van der Waals surface area (Å²) < 4.78 is 13.2. The number of hydrazone groups is 1. The first-order valence-electron chi connectivity index (χ1n) is 8.55. The zero-order valence-electron chi connectivity index (χ0n) is 15.2. The van der Waals surface area contributed by atoms with Crippen LogP contribution < -0.4 is 10.7 Å². The summed E-state index contributed by atoms with van der Waals surface area (Å²) in [5, 5.41) is 14.5. The van der Waals surface area contributed by atoms with Gasteiger partial charge in [-0.3, -0.25) is 14.6 Å². The molecule has 0 aromatic heterocycles. The van der Waals surface area contributed by atoms with Gasteiger partial charge in [0.05, 0.1) is 17.3 Å². The van der Waals surface area contributed by atoms with E-state index in [1.807, 2.05) is 6.07 Å². The number of nitrogens with two attached hydrogens (primary N) is 1. The summed E-state index contributed by atoms with van der Waals surface area (Å²) >= 11 is 0. The van der Waals surface area contributed by atoms with Crippen molar-refractivity contribution in [3.05, 3.63) is 65.5 Å². The van der Waals surface area contributed by atoms with E-state index in [4.69, 9.17) is 11.0 Å². The van der Waals surface area contributed by atoms with Crippen LogP contribution in [0.3, 0.4) is 0 Å². The van der Waals surface area contributed by atoms with Crippen molar-refractivity contribution >= 4 is 23.2 Å². The van der Waals surface area contributed by atoms with E-state index in [1.54, 1.807) is 31.3 Å². The molecule has 2 aromatic rings. The molecule has 1 aliphatic rings. The predicted molar refractivity (Wildman–Crippen MR) is 102 cm³/mol. The van der Waals surface area contributed by atoms with E-state index >= 15 is 0 Å². The zero-order valence-corrected chi connectivity index (χ0v) is 15.2. The second kappa shape index (κ2) is 7.88. The van der Waals surface area contributed by atoms with Crippen molar-refractivity contribution in [1.29, 1.82) is 5.26 Å². The Morgan fingerprint density at radius 1 is 1.25 bits per heavy atom. The number of hydrogen-bond donors (Lipinski definition) is 1. The lowest BCUT2D eigenvalue weighted by Gasteiger charge is -2.20. The number of carbonyl (C=O) groups is 2. The van der Waals surface area contributed by atoms with Crippen molar-refractivity contribution in [2.24, 2.45) is 10.8 Å². The number of primary amides is 1. The molecule has 0 saturated heterocycles. The first kappa shape index (κ1) is 19.0. The minimum Gasteiger partial charge on any atom is -0.368 e. The molecule has 0 saturated carbocycles. The van der Waals surface area contributed by atoms with Crippen LogP contribution >= 0.6 is 0 Å². The fraction of sp³-hybridized carbons (Fsp3) is 0.200. The third-order valence-corrected chi connectivity index (χ3v) is 4.43. The first-order chi connectivity index (χ1) is 13.4. The number of benzene rings is 2. The normalized spacial score (nSPS) is 15.7. The maximum absolute atomic E-state index is 13.2. The summed E-state index contributed by atoms with van der Waals surface area (Å²) in [5.41, 5.74) is 7.53. The van der Waals surface area contributed by atoms with Gasteiger partial charge in [0, 0.05) is 20.0 Å². The van der Waals surface area contributed by atoms with Crippen LogP contribution in [0, 0.1) is 17.1 Å². The summed E-state index contributed by atoms with van der Waals surface area (Å²) in [5.74, 6) is -1.37. The SMILES string of the molecule is CN(Cc1ccc(C#N)cc1)C(=O)C1=NN(c2ccc(F)cc2)C(C(N)=O)C1. The van der Waals surface area contributed by atoms with Gasteiger partial charge in [-0.25, -0.2) is 4.39 Å². The van der Waals surface area contributed by atoms with Crippen molar-refractivity contribution in [2.75, 3.05) is 12.1 Å². The molecule has 8 heteroatoms. The zero-order chi connectivity index (χ0) is 20.3. The monoisotopic (exact) mass is 379 g/mol. The van der Waals surface area contributed by atoms with Gasteiger partial charge in [-0.2, -0.15) is 10.4 Å². The molecule has 1 aliphatic heterocycles. The minimum atomic E-state index is -0.812. The van der Waals surface area contributed by atoms with Crippen molar-refractivity contribution in [2.45, 2.75) is 19.0 Å². The van der Waals surface area contributed by atoms with Gasteiger partial charge in [0.1, 0.15) is 17.6 Å². The number of anilines is 1. The highest BCUT2D eigenvalue weighted by Gasteiger charge is 2.35. The fourth-order valence-corrected chi connectivity index (χ4v) is 2.94. The van der Waals surface area contributed by atoms with E-state index in [1.165, 1.54) is 34.2 Å². The topological polar surface area (TPSA) is 103 Å². The van der Waals surface area contributed by atoms with Crippen LogP contribution in [-0.2, 0) is 16.1 Å². The van der Waals surface area contributed by atoms with Crippen LogP contribution in [0.2, 0.25) is 0 Å². The van der Waals surface area contributed by atoms with E-state index in [0.29, 0.717) is 17.8 Å². The number of amides is 2. The summed E-state index contributed by atoms with van der Waals surface area (Å²) in [4.78, 5) is 26.1. The number of nitrogens with zero attached hydrogens (tertiary/aromatic N) is 4. The Hall–Kier alpha value is -3.73. The van der Waals surface area contributed by atoms with E-state index < -0.39 is 17.8 Å². The second-order valence-electron chi connectivity index (χ2n) is 6.46. The Balaban J connectivity index is 1.77. The van der Waals surface area contributed by atoms with Gasteiger partial charge in [-0.05, 0) is 42.0 Å². The van der Waals surface area contributed by atoms with Gasteiger partial charge in [0.15, 0.2) is 0 Å². The standard InChI is InChI=1S/C20H18FN5O2/c1-25(12-14-4-2-13(11-22)3-5-14)20(28)17-10-18(19(23)27)26(24-17)16-8-6-15(21)7-9-16/h2-9,18H,10,12H2,1H3,(H2,23,27). The Bertz CT molecular complexity index is 964. The summed E-state index contributed by atoms with van der Waals surface area (Å²) in [6.07, 6.45) is 0.0727. The maximum atomic E-state index is 13.2. The Morgan fingerprint density at radius 3 is 2.46 bits per heavy atom. The minimum absolute atomic E-state index is 0.0727. The van der Waals surface area contributed by atoms with E-state index in [2.05, 4.69) is 5.10 Å². The maximum Gasteiger partial charge on any atom is 0.270 e. The molecule has 142 valence electrons. The summed E-state index contributed by atoms with van der Waals surface area (Å²) in [7, 11) is 1.63. The molecule has 0 aliphatic carbocycles. The molecule has 0 bridgehead atoms. The summed E-state index contributed by atoms with van der Waals surface area (Å²) in [6.45, 7) is 0.321. The summed E-state index contributed by atoms with van der Waals surface area (Å²) in [6, 6.07) is 13.6. The first-order valence-corrected chi connectivity index (χ1v) is 8.55. The number of hydrogen-bond acceptors (Lipinski definition) is 5. The fourth-order valence-electron chi connectivity index (χ4n) is 2.94. The van der Waals surface area contributed by atoms with Crippen LogP contribution in [0.4, 0.5) is 10.1 Å². The van der Waals surface area contributed by atoms with Gasteiger partial charge >= 0.3 is 0 Å². The van der Waals surface area contributed by atoms with Gasteiger partial charge in [0.25, 0.3) is 5.91 Å². The van der Waals surface area contributed by atoms with E-state index in [0.717, 1.165) is 5.56 Å². The van der Waals surface area contributed by atoms with Gasteiger partial charge in [0.2, 0.25) is 5.91 Å². The Labute approximate surface area is 161 Å². The lowest BCUT2D eigenvalue weighted by molar-refractivity contribution is -0.123. The van der Waals surface area contributed by atoms with Crippen molar-refractivity contribution in [3.63, 3.8) is 0 Å². The number of carbonyl (C=O) groups excluding carboxylic acids is 2. The highest BCUT2D eigenvalue weighted by molar-refractivity contribution is 6.40. The van der Waals surface area contributed by atoms with Gasteiger partial charge in [-0.1, -0.05) is 12.1 Å². The van der Waals surface area contributed by atoms with Gasteiger partial charge in [-0.15, -0.1) is 0 Å². The molecule has 7 nitrogen and oxygen atoms in total. The van der Waals surface area contributed by atoms with Crippen LogP contribution in [0.5, 0.6) is 0 Å². The molecule has 0 spiro atoms. The van der Waals surface area contributed by atoms with E-state index in [-0.39, 0.29) is 18.0 Å². The molecule has 28 heavy (non-hydrogen) atoms. The van der Waals surface area contributed by atoms with E-state index in [9.17, 15) is 14.0 Å². The average Bonchev–Trinajstić information content (AvgIpc) is 3.14. The smallest absolute Gasteiger partial charge is 0.270 e. The van der Waals surface area contributed by atoms with Crippen LogP contribution in [0.1, 0.15) is 17.5 Å². The lowest BCUT2D eigenvalue weighted by Crippen LogP contribution is -2.40. The quantitative estimate of drug-likeness (QED) is 0.855. The van der Waals surface area contributed by atoms with Crippen molar-refractivity contribution < 1.29 is 14.0 Å². The highest BCUT2D eigenvalue weighted by atomic mass is 19.1. The largest absolute Gasteiger partial charge is 0.368 e. The molecule has 1 atom stereocenters. The molecule has 3 rings (SSSR count). The highest BCUT2D eigenvalue weighted by Crippen LogP contribution is 2.25. The number of nitriles is 1. The second-order valence-corrected chi connectivity index (χ2v) is 6.46. The molecule has 2 amide bonds. The third kappa shape index (κ3) is 3.99. The lowest BCUT2D eigenvalue weighted by atomic mass is 10.1. The molecular weight excluding hydrogens is 361 g/mol. The molecule has 1 heterocycles. The third-order valence-electron chi connectivity index (χ3n) is 4.43. The number of rotatable bonds is 5. The average molecular weight is 379 g/mol. The number of halogens is 1.